The van der Waals surface area contributed by atoms with Crippen molar-refractivity contribution < 1.29 is 29.4 Å². The van der Waals surface area contributed by atoms with Crippen molar-refractivity contribution in [2.24, 2.45) is 10.8 Å². The fourth-order valence-corrected chi connectivity index (χ4v) is 3.88. The second-order valence-corrected chi connectivity index (χ2v) is 9.94. The Kier molecular flexibility index (Phi) is 11.5. The Morgan fingerprint density at radius 1 is 0.733 bits per heavy atom. The van der Waals surface area contributed by atoms with E-state index in [1.807, 2.05) is 13.8 Å². The van der Waals surface area contributed by atoms with Crippen LogP contribution < -0.4 is 0 Å². The average Bonchev–Trinajstić information content (AvgIpc) is 2.47. The summed E-state index contributed by atoms with van der Waals surface area (Å²) in [6, 6.07) is 0. The van der Waals surface area contributed by atoms with Gasteiger partial charge in [0.25, 0.3) is 0 Å². The van der Waals surface area contributed by atoms with Crippen LogP contribution in [0.1, 0.15) is 92.9 Å². The fourth-order valence-electron chi connectivity index (χ4n) is 3.88. The molecule has 0 atom stereocenters. The van der Waals surface area contributed by atoms with Gasteiger partial charge in [0.15, 0.2) is 11.6 Å². The lowest BCUT2D eigenvalue weighted by Crippen LogP contribution is -2.20. The summed E-state index contributed by atoms with van der Waals surface area (Å²) in [5.74, 6) is -1.17. The van der Waals surface area contributed by atoms with E-state index in [2.05, 4.69) is 27.7 Å². The minimum atomic E-state index is -0.870. The number of hydrogen-bond acceptors (Lipinski definition) is 4. The standard InChI is InChI=1S/2C9H14O.C6H10O4/c2*1-7-4-8(10)6-9(2,3)5-7;7-5(8)3-1-2-4-6(9)10/h2*4H,5-6H2,1-3H3;1-4H2,(H,7,8)(H,9,10). The van der Waals surface area contributed by atoms with Crippen molar-refractivity contribution in [2.75, 3.05) is 0 Å². The van der Waals surface area contributed by atoms with Crippen molar-refractivity contribution in [3.05, 3.63) is 23.3 Å². The van der Waals surface area contributed by atoms with E-state index in [-0.39, 0.29) is 35.2 Å². The van der Waals surface area contributed by atoms with Crippen LogP contribution in [0, 0.1) is 10.8 Å². The minimum Gasteiger partial charge on any atom is -0.481 e. The first-order chi connectivity index (χ1) is 13.6. The van der Waals surface area contributed by atoms with Crippen LogP contribution in [0.5, 0.6) is 0 Å². The van der Waals surface area contributed by atoms with Crippen LogP contribution in [-0.4, -0.2) is 33.7 Å². The Balaban J connectivity index is 0.000000420. The number of rotatable bonds is 5. The van der Waals surface area contributed by atoms with E-state index in [1.54, 1.807) is 12.2 Å². The maximum atomic E-state index is 11.0. The van der Waals surface area contributed by atoms with E-state index < -0.39 is 11.9 Å². The van der Waals surface area contributed by atoms with Gasteiger partial charge in [-0.3, -0.25) is 19.2 Å². The van der Waals surface area contributed by atoms with Gasteiger partial charge in [-0.15, -0.1) is 0 Å². The monoisotopic (exact) mass is 422 g/mol. The Labute approximate surface area is 180 Å². The number of carbonyl (C=O) groups is 4. The van der Waals surface area contributed by atoms with E-state index in [1.165, 1.54) is 11.1 Å². The van der Waals surface area contributed by atoms with Gasteiger partial charge in [0, 0.05) is 25.7 Å². The van der Waals surface area contributed by atoms with Gasteiger partial charge in [0.1, 0.15) is 0 Å². The van der Waals surface area contributed by atoms with Crippen LogP contribution in [0.25, 0.3) is 0 Å². The summed E-state index contributed by atoms with van der Waals surface area (Å²) < 4.78 is 0. The van der Waals surface area contributed by atoms with E-state index >= 15 is 0 Å². The van der Waals surface area contributed by atoms with Gasteiger partial charge in [-0.05, 0) is 62.5 Å². The molecule has 0 aromatic heterocycles. The number of aliphatic carboxylic acids is 2. The van der Waals surface area contributed by atoms with E-state index in [9.17, 15) is 19.2 Å². The number of unbranched alkanes of at least 4 members (excludes halogenated alkanes) is 1. The third kappa shape index (κ3) is 14.7. The predicted octanol–water partition coefficient (Wildman–Crippen LogP) is 5.36. The van der Waals surface area contributed by atoms with E-state index in [0.717, 1.165) is 12.8 Å². The first kappa shape index (κ1) is 27.8. The summed E-state index contributed by atoms with van der Waals surface area (Å²) in [4.78, 5) is 41.8. The van der Waals surface area contributed by atoms with Gasteiger partial charge in [0.2, 0.25) is 0 Å². The molecule has 0 saturated carbocycles. The molecule has 2 rings (SSSR count). The first-order valence-corrected chi connectivity index (χ1v) is 10.5. The normalized spacial score (nSPS) is 19.3. The van der Waals surface area contributed by atoms with Crippen LogP contribution in [-0.2, 0) is 19.2 Å². The van der Waals surface area contributed by atoms with E-state index in [4.69, 9.17) is 10.2 Å². The summed E-state index contributed by atoms with van der Waals surface area (Å²) in [6.45, 7) is 12.6. The van der Waals surface area contributed by atoms with Gasteiger partial charge in [-0.2, -0.15) is 0 Å². The number of carboxylic acid groups (broad SMARTS) is 2. The second kappa shape index (κ2) is 12.5. The zero-order chi connectivity index (χ0) is 23.5. The summed E-state index contributed by atoms with van der Waals surface area (Å²) in [5.41, 5.74) is 2.86. The van der Waals surface area contributed by atoms with Crippen LogP contribution >= 0.6 is 0 Å². The molecule has 0 unspecified atom stereocenters. The molecule has 0 radical (unpaired) electrons. The van der Waals surface area contributed by atoms with Crippen LogP contribution in [0.3, 0.4) is 0 Å². The van der Waals surface area contributed by atoms with Crippen LogP contribution in [0.4, 0.5) is 0 Å². The van der Waals surface area contributed by atoms with Crippen molar-refractivity contribution in [2.45, 2.75) is 92.9 Å². The van der Waals surface area contributed by atoms with Gasteiger partial charge >= 0.3 is 11.9 Å². The molecule has 30 heavy (non-hydrogen) atoms. The van der Waals surface area contributed by atoms with Gasteiger partial charge in [-0.25, -0.2) is 0 Å². The number of hydrogen-bond donors (Lipinski definition) is 2. The Morgan fingerprint density at radius 2 is 1.03 bits per heavy atom. The number of ketones is 2. The highest BCUT2D eigenvalue weighted by Gasteiger charge is 2.26. The summed E-state index contributed by atoms with van der Waals surface area (Å²) in [6.07, 6.45) is 8.12. The Bertz CT molecular complexity index is 634. The largest absolute Gasteiger partial charge is 0.481 e. The molecule has 6 nitrogen and oxygen atoms in total. The quantitative estimate of drug-likeness (QED) is 0.577. The predicted molar refractivity (Wildman–Crippen MR) is 117 cm³/mol. The average molecular weight is 423 g/mol. The van der Waals surface area contributed by atoms with Crippen LogP contribution in [0.2, 0.25) is 0 Å². The molecule has 0 aromatic carbocycles. The summed E-state index contributed by atoms with van der Waals surface area (Å²) in [7, 11) is 0. The lowest BCUT2D eigenvalue weighted by atomic mass is 9.77. The highest BCUT2D eigenvalue weighted by atomic mass is 16.4. The molecule has 170 valence electrons. The fraction of sp³-hybridized carbons (Fsp3) is 0.667. The Hall–Kier alpha value is -2.24. The second-order valence-electron chi connectivity index (χ2n) is 9.94. The molecule has 0 heterocycles. The molecule has 2 aliphatic carbocycles. The molecule has 0 bridgehead atoms. The van der Waals surface area contributed by atoms with Gasteiger partial charge < -0.3 is 10.2 Å². The molecule has 0 fully saturated rings. The van der Waals surface area contributed by atoms with Crippen molar-refractivity contribution >= 4 is 23.5 Å². The number of allylic oxidation sites excluding steroid dienone is 4. The SMILES string of the molecule is CC1=CC(=O)CC(C)(C)C1.CC1=CC(=O)CC(C)(C)C1.O=C(O)CCCCC(=O)O. The smallest absolute Gasteiger partial charge is 0.303 e. The number of carboxylic acids is 2. The molecule has 2 aliphatic rings. The first-order valence-electron chi connectivity index (χ1n) is 10.5. The molecule has 6 heteroatoms. The Morgan fingerprint density at radius 3 is 1.23 bits per heavy atom. The molecule has 0 aliphatic heterocycles. The molecule has 2 N–H and O–H groups in total. The molecular formula is C24H38O6. The third-order valence-electron chi connectivity index (χ3n) is 4.67. The van der Waals surface area contributed by atoms with Gasteiger partial charge in [0.05, 0.1) is 0 Å². The molecule has 0 amide bonds. The zero-order valence-electron chi connectivity index (χ0n) is 19.3. The molecule has 0 aromatic rings. The van der Waals surface area contributed by atoms with Crippen molar-refractivity contribution in [1.29, 1.82) is 0 Å². The van der Waals surface area contributed by atoms with E-state index in [0.29, 0.717) is 25.7 Å². The highest BCUT2D eigenvalue weighted by Crippen LogP contribution is 2.33. The third-order valence-corrected chi connectivity index (χ3v) is 4.67. The van der Waals surface area contributed by atoms with Crippen molar-refractivity contribution in [3.63, 3.8) is 0 Å². The molecule has 0 spiro atoms. The maximum Gasteiger partial charge on any atom is 0.303 e. The van der Waals surface area contributed by atoms with Crippen molar-refractivity contribution in [1.82, 2.24) is 0 Å². The van der Waals surface area contributed by atoms with Gasteiger partial charge in [-0.1, -0.05) is 38.8 Å². The minimum absolute atomic E-state index is 0.0628. The lowest BCUT2D eigenvalue weighted by Gasteiger charge is -2.27. The summed E-state index contributed by atoms with van der Waals surface area (Å²) >= 11 is 0. The lowest BCUT2D eigenvalue weighted by molar-refractivity contribution is -0.139. The topological polar surface area (TPSA) is 109 Å². The van der Waals surface area contributed by atoms with Crippen LogP contribution in [0.15, 0.2) is 23.3 Å². The zero-order valence-corrected chi connectivity index (χ0v) is 19.3. The molecular weight excluding hydrogens is 384 g/mol. The van der Waals surface area contributed by atoms with Crippen molar-refractivity contribution in [3.8, 4) is 0 Å². The summed E-state index contributed by atoms with van der Waals surface area (Å²) in [5, 5.41) is 16.3. The number of carbonyl (C=O) groups excluding carboxylic acids is 2. The molecule has 0 saturated heterocycles. The maximum absolute atomic E-state index is 11.0. The highest BCUT2D eigenvalue weighted by molar-refractivity contribution is 5.92.